The van der Waals surface area contributed by atoms with E-state index in [-0.39, 0.29) is 5.28 Å². The Bertz CT molecular complexity index is 593. The van der Waals surface area contributed by atoms with Gasteiger partial charge in [0.1, 0.15) is 4.90 Å². The summed E-state index contributed by atoms with van der Waals surface area (Å²) in [5, 5.41) is 0.133. The molecule has 0 saturated heterocycles. The van der Waals surface area contributed by atoms with Crippen LogP contribution in [0, 0.1) is 0 Å². The summed E-state index contributed by atoms with van der Waals surface area (Å²) in [6.07, 6.45) is 0. The van der Waals surface area contributed by atoms with Gasteiger partial charge in [-0.2, -0.15) is 8.42 Å². The minimum atomic E-state index is -4.68. The lowest BCUT2D eigenvalue weighted by atomic mass is 10.3. The number of hydrogen-bond acceptors (Lipinski definition) is 3. The lowest BCUT2D eigenvalue weighted by Gasteiger charge is -1.93. The van der Waals surface area contributed by atoms with Crippen LogP contribution in [0.4, 0.5) is 3.89 Å². The van der Waals surface area contributed by atoms with Crippen molar-refractivity contribution < 1.29 is 12.3 Å². The fourth-order valence-corrected chi connectivity index (χ4v) is 1.79. The first-order chi connectivity index (χ1) is 6.47. The molecule has 1 aromatic carbocycles. The summed E-state index contributed by atoms with van der Waals surface area (Å²) in [5.41, 5.74) is 0.871. The molecule has 0 atom stereocenters. The highest BCUT2D eigenvalue weighted by atomic mass is 35.5. The topological polar surface area (TPSA) is 62.8 Å². The van der Waals surface area contributed by atoms with Crippen molar-refractivity contribution in [3.05, 3.63) is 23.5 Å². The minimum absolute atomic E-state index is 0.133. The van der Waals surface area contributed by atoms with E-state index in [4.69, 9.17) is 11.6 Å². The van der Waals surface area contributed by atoms with E-state index in [0.29, 0.717) is 11.0 Å². The number of fused-ring (bicyclic) bond motifs is 1. The molecular weight excluding hydrogens is 231 g/mol. The van der Waals surface area contributed by atoms with Gasteiger partial charge in [0, 0.05) is 0 Å². The molecule has 0 bridgehead atoms. The van der Waals surface area contributed by atoms with Gasteiger partial charge in [-0.15, -0.1) is 3.89 Å². The molecule has 1 N–H and O–H groups in total. The van der Waals surface area contributed by atoms with Crippen LogP contribution in [0.25, 0.3) is 11.0 Å². The molecule has 1 heterocycles. The van der Waals surface area contributed by atoms with E-state index in [1.165, 1.54) is 6.07 Å². The van der Waals surface area contributed by atoms with E-state index in [2.05, 4.69) is 9.97 Å². The summed E-state index contributed by atoms with van der Waals surface area (Å²) >= 11 is 5.54. The van der Waals surface area contributed by atoms with Gasteiger partial charge in [-0.3, -0.25) is 0 Å². The first-order valence-corrected chi connectivity index (χ1v) is 5.33. The molecule has 0 aliphatic carbocycles. The number of nitrogens with zero attached hydrogens (tertiary/aromatic N) is 1. The van der Waals surface area contributed by atoms with Crippen LogP contribution >= 0.6 is 11.6 Å². The first kappa shape index (κ1) is 9.42. The first-order valence-electron chi connectivity index (χ1n) is 3.57. The Morgan fingerprint density at radius 1 is 1.43 bits per heavy atom. The van der Waals surface area contributed by atoms with E-state index >= 15 is 0 Å². The Labute approximate surface area is 83.9 Å². The van der Waals surface area contributed by atoms with Crippen LogP contribution < -0.4 is 0 Å². The third-order valence-corrected chi connectivity index (χ3v) is 2.70. The molecule has 0 spiro atoms. The average Bonchev–Trinajstić information content (AvgIpc) is 2.41. The van der Waals surface area contributed by atoms with Crippen LogP contribution in [-0.2, 0) is 10.2 Å². The third kappa shape index (κ3) is 1.58. The Hall–Kier alpha value is -1.14. The van der Waals surface area contributed by atoms with Crippen LogP contribution in [0.1, 0.15) is 0 Å². The number of hydrogen-bond donors (Lipinski definition) is 1. The van der Waals surface area contributed by atoms with E-state index in [1.54, 1.807) is 0 Å². The second-order valence-electron chi connectivity index (χ2n) is 2.64. The third-order valence-electron chi connectivity index (χ3n) is 1.71. The Balaban J connectivity index is 2.74. The molecular formula is C7H4ClFN2O2S. The highest BCUT2D eigenvalue weighted by Gasteiger charge is 2.13. The molecule has 0 radical (unpaired) electrons. The highest BCUT2D eigenvalue weighted by Crippen LogP contribution is 2.20. The second kappa shape index (κ2) is 2.93. The molecule has 7 heteroatoms. The van der Waals surface area contributed by atoms with Crippen molar-refractivity contribution in [2.45, 2.75) is 4.90 Å². The van der Waals surface area contributed by atoms with E-state index < -0.39 is 15.1 Å². The predicted octanol–water partition coefficient (Wildman–Crippen LogP) is 1.87. The van der Waals surface area contributed by atoms with Gasteiger partial charge in [0.15, 0.2) is 0 Å². The van der Waals surface area contributed by atoms with Crippen molar-refractivity contribution >= 4 is 32.9 Å². The maximum atomic E-state index is 12.6. The van der Waals surface area contributed by atoms with Gasteiger partial charge in [0.2, 0.25) is 5.28 Å². The summed E-state index contributed by atoms with van der Waals surface area (Å²) in [4.78, 5) is 6.01. The van der Waals surface area contributed by atoms with Crippen molar-refractivity contribution in [3.63, 3.8) is 0 Å². The Morgan fingerprint density at radius 3 is 2.79 bits per heavy atom. The van der Waals surface area contributed by atoms with Crippen molar-refractivity contribution in [1.82, 2.24) is 9.97 Å². The van der Waals surface area contributed by atoms with E-state index in [9.17, 15) is 12.3 Å². The maximum absolute atomic E-state index is 12.6. The summed E-state index contributed by atoms with van der Waals surface area (Å²) in [7, 11) is -4.68. The molecule has 2 aromatic rings. The Morgan fingerprint density at radius 2 is 2.14 bits per heavy atom. The number of aromatic nitrogens is 2. The molecule has 0 saturated carbocycles. The second-order valence-corrected chi connectivity index (χ2v) is 4.35. The molecule has 0 aliphatic heterocycles. The smallest absolute Gasteiger partial charge is 0.329 e. The summed E-state index contributed by atoms with van der Waals surface area (Å²) in [6.45, 7) is 0. The highest BCUT2D eigenvalue weighted by molar-refractivity contribution is 7.86. The van der Waals surface area contributed by atoms with Gasteiger partial charge in [0.05, 0.1) is 11.0 Å². The quantitative estimate of drug-likeness (QED) is 0.767. The summed E-state index contributed by atoms with van der Waals surface area (Å²) in [6, 6.07) is 3.66. The monoisotopic (exact) mass is 234 g/mol. The van der Waals surface area contributed by atoms with E-state index in [0.717, 1.165) is 12.1 Å². The van der Waals surface area contributed by atoms with Crippen molar-refractivity contribution in [3.8, 4) is 0 Å². The zero-order chi connectivity index (χ0) is 10.3. The normalized spacial score (nSPS) is 12.1. The van der Waals surface area contributed by atoms with Gasteiger partial charge in [-0.1, -0.05) is 0 Å². The van der Waals surface area contributed by atoms with Gasteiger partial charge >= 0.3 is 10.2 Å². The molecule has 74 valence electrons. The molecule has 0 aliphatic rings. The molecule has 2 rings (SSSR count). The summed E-state index contributed by atoms with van der Waals surface area (Å²) < 4.78 is 33.7. The van der Waals surface area contributed by atoms with Crippen LogP contribution in [-0.4, -0.2) is 18.4 Å². The van der Waals surface area contributed by atoms with Crippen molar-refractivity contribution in [2.75, 3.05) is 0 Å². The molecule has 1 aromatic heterocycles. The van der Waals surface area contributed by atoms with Gasteiger partial charge in [-0.05, 0) is 29.8 Å². The zero-order valence-corrected chi connectivity index (χ0v) is 8.23. The molecule has 4 nitrogen and oxygen atoms in total. The number of imidazole rings is 1. The lowest BCUT2D eigenvalue weighted by Crippen LogP contribution is -1.90. The predicted molar refractivity (Wildman–Crippen MR) is 49.4 cm³/mol. The number of H-pyrrole nitrogens is 1. The van der Waals surface area contributed by atoms with Crippen LogP contribution in [0.15, 0.2) is 23.1 Å². The number of rotatable bonds is 1. The van der Waals surface area contributed by atoms with Gasteiger partial charge in [0.25, 0.3) is 0 Å². The lowest BCUT2D eigenvalue weighted by molar-refractivity contribution is 0.552. The van der Waals surface area contributed by atoms with Crippen LogP contribution in [0.2, 0.25) is 5.28 Å². The average molecular weight is 235 g/mol. The summed E-state index contributed by atoms with van der Waals surface area (Å²) in [5.74, 6) is 0. The number of benzene rings is 1. The fraction of sp³-hybridized carbons (Fsp3) is 0. The fourth-order valence-electron chi connectivity index (χ4n) is 1.11. The molecule has 14 heavy (non-hydrogen) atoms. The van der Waals surface area contributed by atoms with Crippen molar-refractivity contribution in [2.24, 2.45) is 0 Å². The van der Waals surface area contributed by atoms with Gasteiger partial charge in [-0.25, -0.2) is 4.98 Å². The van der Waals surface area contributed by atoms with Crippen LogP contribution in [0.5, 0.6) is 0 Å². The number of halogens is 2. The minimum Gasteiger partial charge on any atom is -0.329 e. The molecule has 0 fully saturated rings. The van der Waals surface area contributed by atoms with Crippen molar-refractivity contribution in [1.29, 1.82) is 0 Å². The van der Waals surface area contributed by atoms with E-state index in [1.807, 2.05) is 0 Å². The zero-order valence-electron chi connectivity index (χ0n) is 6.66. The molecule has 0 unspecified atom stereocenters. The Kier molecular flexibility index (Phi) is 1.97. The van der Waals surface area contributed by atoms with Crippen LogP contribution in [0.3, 0.4) is 0 Å². The number of nitrogens with one attached hydrogen (secondary N) is 1. The van der Waals surface area contributed by atoms with Gasteiger partial charge < -0.3 is 4.98 Å². The molecule has 0 amide bonds. The number of aromatic amines is 1. The standard InChI is InChI=1S/C7H4ClFN2O2S/c8-7-10-5-2-1-4(14(9,12)13)3-6(5)11-7/h1-3H,(H,10,11). The SMILES string of the molecule is O=S(=O)(F)c1ccc2nc(Cl)[nH]c2c1. The largest absolute Gasteiger partial charge is 0.332 e. The maximum Gasteiger partial charge on any atom is 0.332 e.